The molecule has 2 aromatic rings. The second-order valence-corrected chi connectivity index (χ2v) is 7.31. The Bertz CT molecular complexity index is 825. The molecule has 1 aliphatic rings. The van der Waals surface area contributed by atoms with Gasteiger partial charge >= 0.3 is 6.18 Å². The zero-order valence-corrected chi connectivity index (χ0v) is 17.2. The van der Waals surface area contributed by atoms with E-state index in [2.05, 4.69) is 14.6 Å². The molecule has 1 aliphatic heterocycles. The molecule has 1 amide bonds. The van der Waals surface area contributed by atoms with Gasteiger partial charge in [-0.25, -0.2) is 4.98 Å². The number of amides is 1. The molecule has 0 radical (unpaired) electrons. The Morgan fingerprint density at radius 2 is 1.81 bits per heavy atom. The first-order chi connectivity index (χ1) is 14.9. The molecule has 9 heteroatoms. The van der Waals surface area contributed by atoms with Gasteiger partial charge in [0.25, 0.3) is 5.91 Å². The van der Waals surface area contributed by atoms with E-state index in [1.807, 2.05) is 30.3 Å². The number of benzene rings is 1. The summed E-state index contributed by atoms with van der Waals surface area (Å²) < 4.78 is 46.5. The first-order valence-corrected chi connectivity index (χ1v) is 10.2. The van der Waals surface area contributed by atoms with Crippen molar-refractivity contribution >= 4 is 5.91 Å². The van der Waals surface area contributed by atoms with Gasteiger partial charge in [-0.2, -0.15) is 13.2 Å². The second-order valence-electron chi connectivity index (χ2n) is 7.31. The third-order valence-corrected chi connectivity index (χ3v) is 4.90. The summed E-state index contributed by atoms with van der Waals surface area (Å²) in [5.74, 6) is 0.312. The number of pyridine rings is 1. The van der Waals surface area contributed by atoms with Crippen LogP contribution in [0.2, 0.25) is 0 Å². The Morgan fingerprint density at radius 1 is 1.06 bits per heavy atom. The van der Waals surface area contributed by atoms with Gasteiger partial charge in [0, 0.05) is 57.2 Å². The highest BCUT2D eigenvalue weighted by atomic mass is 19.4. The SMILES string of the molecule is O=C(c1ccnc(OCc2ccccc2)c1)N1CCN(CCCOCC(F)(F)F)CC1. The van der Waals surface area contributed by atoms with Gasteiger partial charge < -0.3 is 14.4 Å². The minimum absolute atomic E-state index is 0.0709. The highest BCUT2D eigenvalue weighted by Gasteiger charge is 2.27. The van der Waals surface area contributed by atoms with Crippen molar-refractivity contribution in [2.45, 2.75) is 19.2 Å². The molecule has 6 nitrogen and oxygen atoms in total. The van der Waals surface area contributed by atoms with Gasteiger partial charge in [0.1, 0.15) is 13.2 Å². The zero-order chi connectivity index (χ0) is 22.1. The predicted octanol–water partition coefficient (Wildman–Crippen LogP) is 3.39. The van der Waals surface area contributed by atoms with Gasteiger partial charge in [0.2, 0.25) is 5.88 Å². The van der Waals surface area contributed by atoms with Crippen LogP contribution in [-0.4, -0.2) is 72.8 Å². The van der Waals surface area contributed by atoms with Crippen LogP contribution < -0.4 is 4.74 Å². The first kappa shape index (κ1) is 23.0. The number of ether oxygens (including phenoxy) is 2. The van der Waals surface area contributed by atoms with E-state index in [0.29, 0.717) is 57.2 Å². The lowest BCUT2D eigenvalue weighted by molar-refractivity contribution is -0.174. The maximum absolute atomic E-state index is 12.8. The summed E-state index contributed by atoms with van der Waals surface area (Å²) in [5, 5.41) is 0. The fourth-order valence-electron chi connectivity index (χ4n) is 3.29. The Hall–Kier alpha value is -2.65. The lowest BCUT2D eigenvalue weighted by atomic mass is 10.2. The van der Waals surface area contributed by atoms with Gasteiger partial charge in [-0.15, -0.1) is 0 Å². The average molecular weight is 437 g/mol. The minimum Gasteiger partial charge on any atom is -0.473 e. The van der Waals surface area contributed by atoms with Crippen molar-refractivity contribution in [3.8, 4) is 5.88 Å². The van der Waals surface area contributed by atoms with Crippen molar-refractivity contribution < 1.29 is 27.4 Å². The molecular weight excluding hydrogens is 411 g/mol. The number of rotatable bonds is 9. The standard InChI is InChI=1S/C22H26F3N3O3/c23-22(24,25)17-30-14-4-9-27-10-12-28(13-11-27)21(29)19-7-8-26-20(15-19)31-16-18-5-2-1-3-6-18/h1-3,5-8,15H,4,9-14,16-17H2. The van der Waals surface area contributed by atoms with Crippen molar-refractivity contribution in [1.29, 1.82) is 0 Å². The fraction of sp³-hybridized carbons (Fsp3) is 0.455. The number of hydrogen-bond donors (Lipinski definition) is 0. The predicted molar refractivity (Wildman–Crippen MR) is 109 cm³/mol. The van der Waals surface area contributed by atoms with Crippen LogP contribution in [0.25, 0.3) is 0 Å². The van der Waals surface area contributed by atoms with Crippen LogP contribution >= 0.6 is 0 Å². The van der Waals surface area contributed by atoms with Crippen LogP contribution in [0, 0.1) is 0 Å². The second kappa shape index (κ2) is 11.1. The number of carbonyl (C=O) groups is 1. The molecule has 31 heavy (non-hydrogen) atoms. The maximum Gasteiger partial charge on any atom is 0.411 e. The Morgan fingerprint density at radius 3 is 2.52 bits per heavy atom. The number of aromatic nitrogens is 1. The smallest absolute Gasteiger partial charge is 0.411 e. The molecule has 168 valence electrons. The molecule has 0 unspecified atom stereocenters. The highest BCUT2D eigenvalue weighted by molar-refractivity contribution is 5.94. The lowest BCUT2D eigenvalue weighted by Gasteiger charge is -2.34. The number of piperazine rings is 1. The summed E-state index contributed by atoms with van der Waals surface area (Å²) >= 11 is 0. The molecule has 1 saturated heterocycles. The van der Waals surface area contributed by atoms with E-state index >= 15 is 0 Å². The molecule has 0 bridgehead atoms. The third kappa shape index (κ3) is 7.84. The maximum atomic E-state index is 12.8. The average Bonchev–Trinajstić information content (AvgIpc) is 2.77. The highest BCUT2D eigenvalue weighted by Crippen LogP contribution is 2.16. The van der Waals surface area contributed by atoms with Crippen molar-refractivity contribution in [3.05, 3.63) is 59.8 Å². The fourth-order valence-corrected chi connectivity index (χ4v) is 3.29. The van der Waals surface area contributed by atoms with Crippen LogP contribution in [0.4, 0.5) is 13.2 Å². The number of nitrogens with zero attached hydrogens (tertiary/aromatic N) is 3. The first-order valence-electron chi connectivity index (χ1n) is 10.2. The van der Waals surface area contributed by atoms with E-state index in [1.54, 1.807) is 23.2 Å². The molecule has 3 rings (SSSR count). The topological polar surface area (TPSA) is 54.9 Å². The van der Waals surface area contributed by atoms with Crippen LogP contribution in [0.1, 0.15) is 22.3 Å². The summed E-state index contributed by atoms with van der Waals surface area (Å²) in [6.45, 7) is 2.35. The van der Waals surface area contributed by atoms with E-state index in [4.69, 9.17) is 4.74 Å². The van der Waals surface area contributed by atoms with Crippen molar-refractivity contribution in [3.63, 3.8) is 0 Å². The molecule has 0 N–H and O–H groups in total. The van der Waals surface area contributed by atoms with Gasteiger partial charge in [-0.3, -0.25) is 9.69 Å². The van der Waals surface area contributed by atoms with E-state index in [1.165, 1.54) is 0 Å². The molecule has 1 fully saturated rings. The monoisotopic (exact) mass is 437 g/mol. The van der Waals surface area contributed by atoms with E-state index in [9.17, 15) is 18.0 Å². The Kier molecular flexibility index (Phi) is 8.25. The van der Waals surface area contributed by atoms with Gasteiger partial charge in [0.05, 0.1) is 0 Å². The van der Waals surface area contributed by atoms with Crippen LogP contribution in [0.5, 0.6) is 5.88 Å². The quantitative estimate of drug-likeness (QED) is 0.563. The third-order valence-electron chi connectivity index (χ3n) is 4.90. The van der Waals surface area contributed by atoms with E-state index in [0.717, 1.165) is 5.56 Å². The summed E-state index contributed by atoms with van der Waals surface area (Å²) in [6, 6.07) is 13.0. The normalized spacial score (nSPS) is 15.1. The van der Waals surface area contributed by atoms with Crippen molar-refractivity contribution in [2.24, 2.45) is 0 Å². The Balaban J connectivity index is 1.41. The number of hydrogen-bond acceptors (Lipinski definition) is 5. The molecule has 0 aliphatic carbocycles. The number of halogens is 3. The summed E-state index contributed by atoms with van der Waals surface area (Å²) in [5.41, 5.74) is 1.54. The minimum atomic E-state index is -4.29. The summed E-state index contributed by atoms with van der Waals surface area (Å²) in [6.07, 6.45) is -2.20. The molecule has 0 spiro atoms. The van der Waals surface area contributed by atoms with Crippen molar-refractivity contribution in [1.82, 2.24) is 14.8 Å². The molecule has 2 heterocycles. The molecule has 1 aromatic heterocycles. The van der Waals surface area contributed by atoms with E-state index < -0.39 is 12.8 Å². The Labute approximate surface area is 179 Å². The molecule has 0 saturated carbocycles. The molecule has 1 aromatic carbocycles. The van der Waals surface area contributed by atoms with Gasteiger partial charge in [-0.1, -0.05) is 30.3 Å². The van der Waals surface area contributed by atoms with E-state index in [-0.39, 0.29) is 12.5 Å². The summed E-state index contributed by atoms with van der Waals surface area (Å²) in [7, 11) is 0. The van der Waals surface area contributed by atoms with Crippen LogP contribution in [0.3, 0.4) is 0 Å². The molecule has 0 atom stereocenters. The number of alkyl halides is 3. The molecular formula is C22H26F3N3O3. The lowest BCUT2D eigenvalue weighted by Crippen LogP contribution is -2.49. The largest absolute Gasteiger partial charge is 0.473 e. The summed E-state index contributed by atoms with van der Waals surface area (Å²) in [4.78, 5) is 20.9. The number of carbonyl (C=O) groups excluding carboxylic acids is 1. The van der Waals surface area contributed by atoms with Gasteiger partial charge in [0.15, 0.2) is 0 Å². The van der Waals surface area contributed by atoms with Crippen LogP contribution in [0.15, 0.2) is 48.7 Å². The van der Waals surface area contributed by atoms with Crippen molar-refractivity contribution in [2.75, 3.05) is 45.9 Å². The van der Waals surface area contributed by atoms with Gasteiger partial charge in [-0.05, 0) is 18.1 Å². The zero-order valence-electron chi connectivity index (χ0n) is 17.2. The van der Waals surface area contributed by atoms with Crippen LogP contribution in [-0.2, 0) is 11.3 Å².